The predicted molar refractivity (Wildman–Crippen MR) is 85.2 cm³/mol. The molecule has 3 nitrogen and oxygen atoms in total. The molecule has 1 unspecified atom stereocenters. The number of carbonyl (C=O) groups is 1. The van der Waals surface area contributed by atoms with E-state index >= 15 is 0 Å². The lowest BCUT2D eigenvalue weighted by Crippen LogP contribution is -2.32. The van der Waals surface area contributed by atoms with E-state index in [4.69, 9.17) is 0 Å². The Labute approximate surface area is 125 Å². The van der Waals surface area contributed by atoms with Gasteiger partial charge in [0.1, 0.15) is 0 Å². The molecule has 0 fully saturated rings. The van der Waals surface area contributed by atoms with Crippen molar-refractivity contribution in [1.29, 1.82) is 0 Å². The van der Waals surface area contributed by atoms with E-state index in [9.17, 15) is 4.79 Å². The van der Waals surface area contributed by atoms with Crippen molar-refractivity contribution < 1.29 is 4.79 Å². The fourth-order valence-corrected chi connectivity index (χ4v) is 2.89. The summed E-state index contributed by atoms with van der Waals surface area (Å²) in [5, 5.41) is 5.87. The molecule has 0 bridgehead atoms. The van der Waals surface area contributed by atoms with Crippen molar-refractivity contribution in [2.75, 3.05) is 13.6 Å². The SMILES string of the molecule is CNC(=O)CNC(C)c1ccc2c(c1)Cc1ccccc1-2. The van der Waals surface area contributed by atoms with Gasteiger partial charge in [0, 0.05) is 13.1 Å². The molecule has 21 heavy (non-hydrogen) atoms. The van der Waals surface area contributed by atoms with Gasteiger partial charge >= 0.3 is 0 Å². The van der Waals surface area contributed by atoms with Crippen LogP contribution < -0.4 is 10.6 Å². The first-order valence-electron chi connectivity index (χ1n) is 7.34. The van der Waals surface area contributed by atoms with Crippen molar-refractivity contribution in [1.82, 2.24) is 10.6 Å². The van der Waals surface area contributed by atoms with Crippen LogP contribution in [0, 0.1) is 0 Å². The van der Waals surface area contributed by atoms with Crippen LogP contribution in [0.4, 0.5) is 0 Å². The van der Waals surface area contributed by atoms with Gasteiger partial charge in [-0.3, -0.25) is 4.79 Å². The van der Waals surface area contributed by atoms with Gasteiger partial charge in [-0.2, -0.15) is 0 Å². The third-order valence-corrected chi connectivity index (χ3v) is 4.17. The molecule has 3 rings (SSSR count). The summed E-state index contributed by atoms with van der Waals surface area (Å²) in [7, 11) is 1.65. The van der Waals surface area contributed by atoms with E-state index < -0.39 is 0 Å². The summed E-state index contributed by atoms with van der Waals surface area (Å²) in [6.45, 7) is 2.43. The third kappa shape index (κ3) is 2.69. The Bertz CT molecular complexity index is 679. The molecule has 2 N–H and O–H groups in total. The lowest BCUT2D eigenvalue weighted by Gasteiger charge is -2.15. The molecular weight excluding hydrogens is 260 g/mol. The van der Waals surface area contributed by atoms with E-state index in [0.717, 1.165) is 6.42 Å². The topological polar surface area (TPSA) is 41.1 Å². The summed E-state index contributed by atoms with van der Waals surface area (Å²) in [6.07, 6.45) is 1.00. The molecule has 1 amide bonds. The molecule has 3 heteroatoms. The maximum absolute atomic E-state index is 11.3. The van der Waals surface area contributed by atoms with Gasteiger partial charge in [0.25, 0.3) is 0 Å². The van der Waals surface area contributed by atoms with Crippen molar-refractivity contribution in [2.45, 2.75) is 19.4 Å². The normalized spacial score (nSPS) is 13.4. The first-order valence-corrected chi connectivity index (χ1v) is 7.34. The van der Waals surface area contributed by atoms with Gasteiger partial charge in [0.15, 0.2) is 0 Å². The van der Waals surface area contributed by atoms with Crippen LogP contribution in [0.1, 0.15) is 29.7 Å². The Morgan fingerprint density at radius 2 is 1.90 bits per heavy atom. The number of hydrogen-bond acceptors (Lipinski definition) is 2. The zero-order valence-corrected chi connectivity index (χ0v) is 12.4. The summed E-state index contributed by atoms with van der Waals surface area (Å²) in [4.78, 5) is 11.3. The Morgan fingerprint density at radius 3 is 2.71 bits per heavy atom. The highest BCUT2D eigenvalue weighted by atomic mass is 16.1. The zero-order chi connectivity index (χ0) is 14.8. The molecule has 2 aromatic rings. The lowest BCUT2D eigenvalue weighted by molar-refractivity contribution is -0.119. The van der Waals surface area contributed by atoms with Crippen LogP contribution in [0.5, 0.6) is 0 Å². The molecule has 0 radical (unpaired) electrons. The molecule has 108 valence electrons. The molecule has 2 aromatic carbocycles. The molecule has 0 heterocycles. The minimum atomic E-state index is 0.00964. The maximum atomic E-state index is 11.3. The first kappa shape index (κ1) is 13.8. The second kappa shape index (κ2) is 5.70. The van der Waals surface area contributed by atoms with Crippen molar-refractivity contribution >= 4 is 5.91 Å². The number of amides is 1. The Hall–Kier alpha value is -2.13. The standard InChI is InChI=1S/C18H20N2O/c1-12(20-11-18(21)19-2)13-7-8-17-15(9-13)10-14-5-3-4-6-16(14)17/h3-9,12,20H,10-11H2,1-2H3,(H,19,21). The highest BCUT2D eigenvalue weighted by Gasteiger charge is 2.19. The van der Waals surface area contributed by atoms with Crippen molar-refractivity contribution in [3.63, 3.8) is 0 Å². The molecule has 0 saturated carbocycles. The van der Waals surface area contributed by atoms with Gasteiger partial charge in [-0.1, -0.05) is 42.5 Å². The van der Waals surface area contributed by atoms with E-state index in [1.54, 1.807) is 7.05 Å². The Morgan fingerprint density at radius 1 is 1.14 bits per heavy atom. The Balaban J connectivity index is 1.79. The van der Waals surface area contributed by atoms with Crippen LogP contribution >= 0.6 is 0 Å². The van der Waals surface area contributed by atoms with Gasteiger partial charge in [-0.25, -0.2) is 0 Å². The monoisotopic (exact) mass is 280 g/mol. The second-order valence-corrected chi connectivity index (χ2v) is 5.53. The van der Waals surface area contributed by atoms with Crippen LogP contribution in [-0.2, 0) is 11.2 Å². The highest BCUT2D eigenvalue weighted by molar-refractivity contribution is 5.78. The number of carbonyl (C=O) groups excluding carboxylic acids is 1. The molecule has 1 aliphatic carbocycles. The molecule has 0 spiro atoms. The Kier molecular flexibility index (Phi) is 3.76. The van der Waals surface area contributed by atoms with Crippen LogP contribution in [0.15, 0.2) is 42.5 Å². The summed E-state index contributed by atoms with van der Waals surface area (Å²) in [5.41, 5.74) is 6.70. The minimum absolute atomic E-state index is 0.00964. The van der Waals surface area contributed by atoms with Crippen LogP contribution in [0.3, 0.4) is 0 Å². The number of rotatable bonds is 4. The van der Waals surface area contributed by atoms with Gasteiger partial charge in [0.05, 0.1) is 6.54 Å². The van der Waals surface area contributed by atoms with Crippen molar-refractivity contribution in [3.05, 3.63) is 59.2 Å². The molecule has 0 saturated heterocycles. The fourth-order valence-electron chi connectivity index (χ4n) is 2.89. The summed E-state index contributed by atoms with van der Waals surface area (Å²) < 4.78 is 0. The first-order chi connectivity index (χ1) is 10.2. The van der Waals surface area contributed by atoms with Crippen LogP contribution in [0.25, 0.3) is 11.1 Å². The minimum Gasteiger partial charge on any atom is -0.358 e. The molecule has 1 aliphatic rings. The van der Waals surface area contributed by atoms with E-state index in [1.807, 2.05) is 0 Å². The third-order valence-electron chi connectivity index (χ3n) is 4.17. The van der Waals surface area contributed by atoms with E-state index in [2.05, 4.69) is 60.0 Å². The van der Waals surface area contributed by atoms with Crippen LogP contribution in [-0.4, -0.2) is 19.5 Å². The largest absolute Gasteiger partial charge is 0.358 e. The van der Waals surface area contributed by atoms with Gasteiger partial charge in [0.2, 0.25) is 5.91 Å². The maximum Gasteiger partial charge on any atom is 0.233 e. The molecule has 1 atom stereocenters. The number of benzene rings is 2. The van der Waals surface area contributed by atoms with E-state index in [-0.39, 0.29) is 11.9 Å². The lowest BCUT2D eigenvalue weighted by atomic mass is 10.0. The molecule has 0 aromatic heterocycles. The number of hydrogen-bond donors (Lipinski definition) is 2. The van der Waals surface area contributed by atoms with Gasteiger partial charge < -0.3 is 10.6 Å². The highest BCUT2D eigenvalue weighted by Crippen LogP contribution is 2.37. The smallest absolute Gasteiger partial charge is 0.233 e. The van der Waals surface area contributed by atoms with Crippen molar-refractivity contribution in [3.8, 4) is 11.1 Å². The number of nitrogens with one attached hydrogen (secondary N) is 2. The predicted octanol–water partition coefficient (Wildman–Crippen LogP) is 2.65. The summed E-state index contributed by atoms with van der Waals surface area (Å²) in [5.74, 6) is 0.00964. The van der Waals surface area contributed by atoms with Gasteiger partial charge in [-0.05, 0) is 41.2 Å². The summed E-state index contributed by atoms with van der Waals surface area (Å²) >= 11 is 0. The van der Waals surface area contributed by atoms with Gasteiger partial charge in [-0.15, -0.1) is 0 Å². The molecular formula is C18H20N2O. The number of likely N-dealkylation sites (N-methyl/N-ethyl adjacent to an activating group) is 1. The number of fused-ring (bicyclic) bond motifs is 3. The molecule has 0 aliphatic heterocycles. The van der Waals surface area contributed by atoms with E-state index in [0.29, 0.717) is 6.54 Å². The second-order valence-electron chi connectivity index (χ2n) is 5.53. The average Bonchev–Trinajstić information content (AvgIpc) is 2.89. The van der Waals surface area contributed by atoms with Crippen molar-refractivity contribution in [2.24, 2.45) is 0 Å². The van der Waals surface area contributed by atoms with Crippen LogP contribution in [0.2, 0.25) is 0 Å². The summed E-state index contributed by atoms with van der Waals surface area (Å²) in [6, 6.07) is 15.4. The fraction of sp³-hybridized carbons (Fsp3) is 0.278. The quantitative estimate of drug-likeness (QED) is 0.771. The van der Waals surface area contributed by atoms with E-state index in [1.165, 1.54) is 27.8 Å². The average molecular weight is 280 g/mol. The zero-order valence-electron chi connectivity index (χ0n) is 12.4.